The minimum Gasteiger partial charge on any atom is -0.497 e. The van der Waals surface area contributed by atoms with Crippen LogP contribution in [-0.2, 0) is 4.79 Å². The molecule has 0 aromatic heterocycles. The maximum Gasteiger partial charge on any atom is 0.326 e. The molecule has 0 bridgehead atoms. The number of ether oxygens (including phenoxy) is 1. The molecule has 1 aromatic rings. The molecule has 0 spiro atoms. The van der Waals surface area contributed by atoms with Gasteiger partial charge in [-0.1, -0.05) is 13.8 Å². The molecule has 21 heavy (non-hydrogen) atoms. The summed E-state index contributed by atoms with van der Waals surface area (Å²) < 4.78 is 5.75. The van der Waals surface area contributed by atoms with Crippen molar-refractivity contribution in [2.75, 3.05) is 12.4 Å². The fraction of sp³-hybridized carbons (Fsp3) is 0.429. The van der Waals surface area contributed by atoms with Crippen LogP contribution in [0.3, 0.4) is 0 Å². The summed E-state index contributed by atoms with van der Waals surface area (Å²) in [6.07, 6.45) is 0.363. The van der Waals surface area contributed by atoms with Crippen molar-refractivity contribution < 1.29 is 19.4 Å². The van der Waals surface area contributed by atoms with Crippen molar-refractivity contribution in [3.8, 4) is 5.75 Å². The van der Waals surface area contributed by atoms with E-state index in [1.807, 2.05) is 13.8 Å². The summed E-state index contributed by atoms with van der Waals surface area (Å²) in [5.41, 5.74) is 0.500. The third kappa shape index (κ3) is 5.63. The molecule has 2 amide bonds. The number of hydrogen-bond donors (Lipinski definition) is 3. The number of rotatable bonds is 6. The summed E-state index contributed by atoms with van der Waals surface area (Å²) in [7, 11) is 1.52. The van der Waals surface area contributed by atoms with Crippen LogP contribution in [0.1, 0.15) is 20.3 Å². The van der Waals surface area contributed by atoms with Gasteiger partial charge in [-0.25, -0.2) is 9.59 Å². The molecule has 0 aliphatic heterocycles. The largest absolute Gasteiger partial charge is 0.497 e. The van der Waals surface area contributed by atoms with Gasteiger partial charge in [0.1, 0.15) is 11.8 Å². The van der Waals surface area contributed by atoms with Crippen LogP contribution in [0.4, 0.5) is 10.5 Å². The number of carboxylic acid groups (broad SMARTS) is 1. The second kappa shape index (κ2) is 7.87. The quantitative estimate of drug-likeness (QED) is 0.728. The van der Waals surface area contributed by atoms with Gasteiger partial charge >= 0.3 is 12.0 Å². The summed E-state index contributed by atoms with van der Waals surface area (Å²) >= 11 is 3.31. The first-order valence-corrected chi connectivity index (χ1v) is 7.26. The second-order valence-corrected chi connectivity index (χ2v) is 5.82. The Hall–Kier alpha value is -1.76. The molecule has 6 nitrogen and oxygen atoms in total. The van der Waals surface area contributed by atoms with E-state index in [1.165, 1.54) is 7.11 Å². The molecule has 1 atom stereocenters. The highest BCUT2D eigenvalue weighted by Gasteiger charge is 2.21. The van der Waals surface area contributed by atoms with Crippen molar-refractivity contribution in [1.82, 2.24) is 5.32 Å². The Bertz CT molecular complexity index is 520. The molecular formula is C14H19BrN2O4. The van der Waals surface area contributed by atoms with Crippen molar-refractivity contribution >= 4 is 33.6 Å². The van der Waals surface area contributed by atoms with Gasteiger partial charge in [0, 0.05) is 10.5 Å². The monoisotopic (exact) mass is 358 g/mol. The molecule has 0 heterocycles. The van der Waals surface area contributed by atoms with Crippen LogP contribution < -0.4 is 15.4 Å². The highest BCUT2D eigenvalue weighted by molar-refractivity contribution is 9.10. The molecule has 116 valence electrons. The Balaban J connectivity index is 2.74. The van der Waals surface area contributed by atoms with Crippen molar-refractivity contribution in [3.63, 3.8) is 0 Å². The third-order valence-corrected chi connectivity index (χ3v) is 3.42. The zero-order valence-corrected chi connectivity index (χ0v) is 13.7. The molecule has 1 aromatic carbocycles. The molecule has 0 radical (unpaired) electrons. The molecule has 0 aliphatic carbocycles. The number of benzene rings is 1. The number of carbonyl (C=O) groups excluding carboxylic acids is 1. The number of aliphatic carboxylic acids is 1. The average molecular weight is 359 g/mol. The maximum absolute atomic E-state index is 11.9. The van der Waals surface area contributed by atoms with E-state index in [9.17, 15) is 9.59 Å². The van der Waals surface area contributed by atoms with Crippen LogP contribution in [0.15, 0.2) is 22.7 Å². The van der Waals surface area contributed by atoms with E-state index in [0.29, 0.717) is 22.3 Å². The van der Waals surface area contributed by atoms with Gasteiger partial charge in [0.15, 0.2) is 0 Å². The van der Waals surface area contributed by atoms with Crippen LogP contribution in [0.25, 0.3) is 0 Å². The van der Waals surface area contributed by atoms with E-state index in [4.69, 9.17) is 9.84 Å². The predicted molar refractivity (Wildman–Crippen MR) is 83.7 cm³/mol. The number of nitrogens with one attached hydrogen (secondary N) is 2. The highest BCUT2D eigenvalue weighted by atomic mass is 79.9. The van der Waals surface area contributed by atoms with Crippen LogP contribution in [0.5, 0.6) is 5.75 Å². The summed E-state index contributed by atoms with van der Waals surface area (Å²) in [5.74, 6) is -0.302. The van der Waals surface area contributed by atoms with Gasteiger partial charge in [-0.2, -0.15) is 0 Å². The van der Waals surface area contributed by atoms with Crippen molar-refractivity contribution in [2.24, 2.45) is 5.92 Å². The number of amides is 2. The Morgan fingerprint density at radius 3 is 2.57 bits per heavy atom. The van der Waals surface area contributed by atoms with Gasteiger partial charge in [-0.3, -0.25) is 0 Å². The summed E-state index contributed by atoms with van der Waals surface area (Å²) in [5, 5.41) is 14.2. The maximum atomic E-state index is 11.9. The highest BCUT2D eigenvalue weighted by Crippen LogP contribution is 2.27. The predicted octanol–water partition coefficient (Wildman–Crippen LogP) is 3.08. The standard InChI is InChI=1S/C14H19BrN2O4/c1-8(2)6-12(13(18)19)17-14(20)16-11-7-9(21-3)4-5-10(11)15/h4-5,7-8,12H,6H2,1-3H3,(H,18,19)(H2,16,17,20)/t12-/m1/s1. The first-order valence-electron chi connectivity index (χ1n) is 6.47. The zero-order chi connectivity index (χ0) is 16.0. The second-order valence-electron chi connectivity index (χ2n) is 4.96. The Morgan fingerprint density at radius 1 is 1.38 bits per heavy atom. The van der Waals surface area contributed by atoms with Crippen LogP contribution >= 0.6 is 15.9 Å². The summed E-state index contributed by atoms with van der Waals surface area (Å²) in [4.78, 5) is 23.0. The smallest absolute Gasteiger partial charge is 0.326 e. The molecule has 3 N–H and O–H groups in total. The minimum atomic E-state index is -1.05. The minimum absolute atomic E-state index is 0.162. The first-order chi connectivity index (χ1) is 9.83. The Labute approximate surface area is 132 Å². The lowest BCUT2D eigenvalue weighted by molar-refractivity contribution is -0.139. The van der Waals surface area contributed by atoms with Gasteiger partial charge < -0.3 is 20.5 Å². The van der Waals surface area contributed by atoms with Crippen molar-refractivity contribution in [3.05, 3.63) is 22.7 Å². The lowest BCUT2D eigenvalue weighted by Crippen LogP contribution is -2.43. The SMILES string of the molecule is COc1ccc(Br)c(NC(=O)N[C@H](CC(C)C)C(=O)O)c1. The fourth-order valence-electron chi connectivity index (χ4n) is 1.74. The van der Waals surface area contributed by atoms with Crippen LogP contribution in [0.2, 0.25) is 0 Å². The van der Waals surface area contributed by atoms with Gasteiger partial charge in [-0.15, -0.1) is 0 Å². The van der Waals surface area contributed by atoms with Gasteiger partial charge in [-0.05, 0) is 40.4 Å². The summed E-state index contributed by atoms with van der Waals surface area (Å²) in [6, 6.07) is 3.62. The number of hydrogen-bond acceptors (Lipinski definition) is 3. The topological polar surface area (TPSA) is 87.7 Å². The van der Waals surface area contributed by atoms with Crippen LogP contribution in [0, 0.1) is 5.92 Å². The number of carbonyl (C=O) groups is 2. The molecule has 0 fully saturated rings. The van der Waals surface area contributed by atoms with E-state index in [1.54, 1.807) is 18.2 Å². The van der Waals surface area contributed by atoms with Crippen molar-refractivity contribution in [2.45, 2.75) is 26.3 Å². The van der Waals surface area contributed by atoms with E-state index < -0.39 is 18.0 Å². The average Bonchev–Trinajstić information content (AvgIpc) is 2.39. The fourth-order valence-corrected chi connectivity index (χ4v) is 2.08. The van der Waals surface area contributed by atoms with E-state index in [2.05, 4.69) is 26.6 Å². The molecule has 0 saturated heterocycles. The van der Waals surface area contributed by atoms with Crippen molar-refractivity contribution in [1.29, 1.82) is 0 Å². The normalized spacial score (nSPS) is 11.9. The lowest BCUT2D eigenvalue weighted by Gasteiger charge is -2.17. The molecule has 0 aliphatic rings. The number of halogens is 1. The molecule has 0 unspecified atom stereocenters. The van der Waals surface area contributed by atoms with Crippen LogP contribution in [-0.4, -0.2) is 30.3 Å². The number of carboxylic acids is 1. The molecular weight excluding hydrogens is 340 g/mol. The Morgan fingerprint density at radius 2 is 2.05 bits per heavy atom. The third-order valence-electron chi connectivity index (χ3n) is 2.73. The van der Waals surface area contributed by atoms with Gasteiger partial charge in [0.05, 0.1) is 12.8 Å². The first kappa shape index (κ1) is 17.3. The number of methoxy groups -OCH3 is 1. The molecule has 7 heteroatoms. The van der Waals surface area contributed by atoms with E-state index >= 15 is 0 Å². The van der Waals surface area contributed by atoms with Gasteiger partial charge in [0.25, 0.3) is 0 Å². The molecule has 1 rings (SSSR count). The summed E-state index contributed by atoms with van der Waals surface area (Å²) in [6.45, 7) is 3.79. The number of anilines is 1. The van der Waals surface area contributed by atoms with Gasteiger partial charge in [0.2, 0.25) is 0 Å². The van der Waals surface area contributed by atoms with E-state index in [0.717, 1.165) is 0 Å². The lowest BCUT2D eigenvalue weighted by atomic mass is 10.0. The van der Waals surface area contributed by atoms with E-state index in [-0.39, 0.29) is 5.92 Å². The molecule has 0 saturated carbocycles. The zero-order valence-electron chi connectivity index (χ0n) is 12.1. The number of urea groups is 1. The Kier molecular flexibility index (Phi) is 6.48.